The topological polar surface area (TPSA) is 102 Å². The van der Waals surface area contributed by atoms with Crippen LogP contribution in [0.4, 0.5) is 0 Å². The van der Waals surface area contributed by atoms with Gasteiger partial charge in [0.1, 0.15) is 6.10 Å². The number of esters is 1. The van der Waals surface area contributed by atoms with E-state index in [-0.39, 0.29) is 18.9 Å². The summed E-state index contributed by atoms with van der Waals surface area (Å²) in [7, 11) is 0. The number of hydrogen-bond acceptors (Lipinski definition) is 6. The van der Waals surface area contributed by atoms with Gasteiger partial charge in [0, 0.05) is 12.6 Å². The Bertz CT molecular complexity index is 263. The Kier molecular flexibility index (Phi) is 9.72. The summed E-state index contributed by atoms with van der Waals surface area (Å²) in [5.74, 6) is -0.138. The standard InChI is InChI=1S/C11H22N2O4S/c1-3-17-9(14)4-6-13-11(16)10(15)8(12)5-7-18-2/h8,10,15H,3-7,12H2,1-2H3,(H,13,16)/t8?,10-/m0/s1. The summed E-state index contributed by atoms with van der Waals surface area (Å²) in [6.45, 7) is 2.17. The summed E-state index contributed by atoms with van der Waals surface area (Å²) in [5, 5.41) is 12.1. The number of amides is 1. The molecule has 0 bridgehead atoms. The maximum Gasteiger partial charge on any atom is 0.307 e. The highest BCUT2D eigenvalue weighted by Crippen LogP contribution is 2.02. The number of nitrogens with one attached hydrogen (secondary N) is 1. The van der Waals surface area contributed by atoms with E-state index in [9.17, 15) is 14.7 Å². The van der Waals surface area contributed by atoms with Gasteiger partial charge in [-0.25, -0.2) is 0 Å². The maximum atomic E-state index is 11.5. The van der Waals surface area contributed by atoms with Gasteiger partial charge in [0.25, 0.3) is 0 Å². The van der Waals surface area contributed by atoms with Crippen LogP contribution in [-0.4, -0.2) is 54.3 Å². The fourth-order valence-corrected chi connectivity index (χ4v) is 1.74. The molecule has 0 radical (unpaired) electrons. The Hall–Kier alpha value is -0.790. The highest BCUT2D eigenvalue weighted by molar-refractivity contribution is 7.98. The summed E-state index contributed by atoms with van der Waals surface area (Å²) >= 11 is 1.60. The van der Waals surface area contributed by atoms with Crippen LogP contribution in [0.1, 0.15) is 19.8 Å². The van der Waals surface area contributed by atoms with Crippen LogP contribution in [0.3, 0.4) is 0 Å². The lowest BCUT2D eigenvalue weighted by Gasteiger charge is -2.17. The van der Waals surface area contributed by atoms with Crippen molar-refractivity contribution in [3.63, 3.8) is 0 Å². The summed E-state index contributed by atoms with van der Waals surface area (Å²) in [4.78, 5) is 22.5. The number of ether oxygens (including phenoxy) is 1. The van der Waals surface area contributed by atoms with Crippen molar-refractivity contribution in [2.75, 3.05) is 25.2 Å². The van der Waals surface area contributed by atoms with Crippen molar-refractivity contribution in [2.24, 2.45) is 5.73 Å². The molecule has 0 fully saturated rings. The molecule has 2 atom stereocenters. The molecule has 0 aromatic rings. The number of rotatable bonds is 9. The quantitative estimate of drug-likeness (QED) is 0.491. The number of aliphatic hydroxyl groups is 1. The molecule has 0 aliphatic carbocycles. The lowest BCUT2D eigenvalue weighted by atomic mass is 10.1. The predicted molar refractivity (Wildman–Crippen MR) is 71.2 cm³/mol. The molecule has 0 aromatic heterocycles. The molecular weight excluding hydrogens is 256 g/mol. The lowest BCUT2D eigenvalue weighted by Crippen LogP contribution is -2.47. The van der Waals surface area contributed by atoms with Crippen molar-refractivity contribution in [3.8, 4) is 0 Å². The van der Waals surface area contributed by atoms with Crippen molar-refractivity contribution in [2.45, 2.75) is 31.9 Å². The molecule has 0 aliphatic rings. The fraction of sp³-hybridized carbons (Fsp3) is 0.818. The van der Waals surface area contributed by atoms with Gasteiger partial charge in [-0.15, -0.1) is 0 Å². The summed E-state index contributed by atoms with van der Waals surface area (Å²) in [5.41, 5.74) is 5.67. The molecule has 0 saturated heterocycles. The second-order valence-electron chi connectivity index (χ2n) is 3.74. The third-order valence-corrected chi connectivity index (χ3v) is 2.91. The SMILES string of the molecule is CCOC(=O)CCNC(=O)[C@@H](O)C(N)CCSC. The Morgan fingerprint density at radius 1 is 1.50 bits per heavy atom. The van der Waals surface area contributed by atoms with Gasteiger partial charge in [-0.05, 0) is 25.4 Å². The first-order valence-corrected chi connectivity index (χ1v) is 7.28. The molecule has 0 rings (SSSR count). The van der Waals surface area contributed by atoms with E-state index in [4.69, 9.17) is 10.5 Å². The summed E-state index contributed by atoms with van der Waals surface area (Å²) in [6.07, 6.45) is 1.35. The second-order valence-corrected chi connectivity index (χ2v) is 4.72. The Labute approximate surface area is 112 Å². The number of thioether (sulfide) groups is 1. The van der Waals surface area contributed by atoms with E-state index in [0.717, 1.165) is 5.75 Å². The van der Waals surface area contributed by atoms with E-state index in [2.05, 4.69) is 5.32 Å². The van der Waals surface area contributed by atoms with Crippen molar-refractivity contribution in [1.29, 1.82) is 0 Å². The minimum atomic E-state index is -1.24. The average molecular weight is 278 g/mol. The average Bonchev–Trinajstić information content (AvgIpc) is 2.35. The van der Waals surface area contributed by atoms with E-state index in [1.807, 2.05) is 6.26 Å². The van der Waals surface area contributed by atoms with Crippen LogP contribution < -0.4 is 11.1 Å². The molecule has 106 valence electrons. The van der Waals surface area contributed by atoms with Crippen LogP contribution in [0.5, 0.6) is 0 Å². The molecular formula is C11H22N2O4S. The van der Waals surface area contributed by atoms with Gasteiger partial charge in [-0.1, -0.05) is 0 Å². The van der Waals surface area contributed by atoms with E-state index < -0.39 is 18.1 Å². The van der Waals surface area contributed by atoms with Gasteiger partial charge >= 0.3 is 5.97 Å². The molecule has 1 unspecified atom stereocenters. The van der Waals surface area contributed by atoms with Crippen LogP contribution in [0.15, 0.2) is 0 Å². The number of aliphatic hydroxyl groups excluding tert-OH is 1. The highest BCUT2D eigenvalue weighted by atomic mass is 32.2. The first kappa shape index (κ1) is 17.2. The van der Waals surface area contributed by atoms with Crippen LogP contribution in [0.25, 0.3) is 0 Å². The van der Waals surface area contributed by atoms with Gasteiger partial charge in [0.05, 0.1) is 13.0 Å². The summed E-state index contributed by atoms with van der Waals surface area (Å²) < 4.78 is 4.70. The van der Waals surface area contributed by atoms with Crippen LogP contribution in [0, 0.1) is 0 Å². The van der Waals surface area contributed by atoms with Crippen molar-refractivity contribution in [1.82, 2.24) is 5.32 Å². The first-order valence-electron chi connectivity index (χ1n) is 5.88. The predicted octanol–water partition coefficient (Wildman–Crippen LogP) is -0.503. The Morgan fingerprint density at radius 2 is 2.17 bits per heavy atom. The number of carbonyl (C=O) groups is 2. The Balaban J connectivity index is 3.83. The molecule has 0 spiro atoms. The summed E-state index contributed by atoms with van der Waals surface area (Å²) in [6, 6.07) is -0.583. The van der Waals surface area contributed by atoms with E-state index >= 15 is 0 Å². The Morgan fingerprint density at radius 3 is 2.72 bits per heavy atom. The maximum absolute atomic E-state index is 11.5. The van der Waals surface area contributed by atoms with Gasteiger partial charge in [-0.3, -0.25) is 9.59 Å². The third-order valence-electron chi connectivity index (χ3n) is 2.26. The zero-order valence-corrected chi connectivity index (χ0v) is 11.7. The molecule has 0 aliphatic heterocycles. The smallest absolute Gasteiger partial charge is 0.307 e. The molecule has 0 heterocycles. The number of hydrogen-bond donors (Lipinski definition) is 3. The molecule has 6 nitrogen and oxygen atoms in total. The normalized spacial score (nSPS) is 13.8. The zero-order chi connectivity index (χ0) is 14.0. The fourth-order valence-electron chi connectivity index (χ4n) is 1.23. The number of carbonyl (C=O) groups excluding carboxylic acids is 2. The van der Waals surface area contributed by atoms with Crippen LogP contribution in [0.2, 0.25) is 0 Å². The molecule has 0 aromatic carbocycles. The minimum absolute atomic E-state index is 0.0896. The first-order chi connectivity index (χ1) is 8.52. The highest BCUT2D eigenvalue weighted by Gasteiger charge is 2.22. The van der Waals surface area contributed by atoms with E-state index in [1.54, 1.807) is 18.7 Å². The van der Waals surface area contributed by atoms with Crippen molar-refractivity contribution in [3.05, 3.63) is 0 Å². The number of nitrogens with two attached hydrogens (primary N) is 1. The van der Waals surface area contributed by atoms with E-state index in [0.29, 0.717) is 13.0 Å². The second kappa shape index (κ2) is 10.2. The largest absolute Gasteiger partial charge is 0.466 e. The molecule has 4 N–H and O–H groups in total. The minimum Gasteiger partial charge on any atom is -0.466 e. The van der Waals surface area contributed by atoms with Crippen molar-refractivity contribution >= 4 is 23.6 Å². The van der Waals surface area contributed by atoms with Crippen LogP contribution in [-0.2, 0) is 14.3 Å². The van der Waals surface area contributed by atoms with Gasteiger partial charge < -0.3 is 20.9 Å². The molecule has 0 saturated carbocycles. The third kappa shape index (κ3) is 7.52. The lowest BCUT2D eigenvalue weighted by molar-refractivity contribution is -0.143. The van der Waals surface area contributed by atoms with Gasteiger partial charge in [0.15, 0.2) is 0 Å². The molecule has 7 heteroatoms. The monoisotopic (exact) mass is 278 g/mol. The van der Waals surface area contributed by atoms with Crippen LogP contribution >= 0.6 is 11.8 Å². The van der Waals surface area contributed by atoms with E-state index in [1.165, 1.54) is 0 Å². The zero-order valence-electron chi connectivity index (χ0n) is 10.8. The van der Waals surface area contributed by atoms with Gasteiger partial charge in [-0.2, -0.15) is 11.8 Å². The van der Waals surface area contributed by atoms with Crippen molar-refractivity contribution < 1.29 is 19.4 Å². The molecule has 1 amide bonds. The molecule has 18 heavy (non-hydrogen) atoms. The van der Waals surface area contributed by atoms with Gasteiger partial charge in [0.2, 0.25) is 5.91 Å².